The van der Waals surface area contributed by atoms with Gasteiger partial charge in [-0.1, -0.05) is 64.7 Å². The summed E-state index contributed by atoms with van der Waals surface area (Å²) in [5.74, 6) is 0. The molecule has 1 amide bonds. The van der Waals surface area contributed by atoms with Crippen LogP contribution in [0, 0.1) is 0 Å². The largest absolute Gasteiger partial charge is 0.444 e. The number of carbonyl (C=O) groups excluding carboxylic acids is 1. The Balaban J connectivity index is 2.27. The summed E-state index contributed by atoms with van der Waals surface area (Å²) in [5.41, 5.74) is -0.438. The topological polar surface area (TPSA) is 50.4 Å². The lowest BCUT2D eigenvalue weighted by atomic mass is 9.89. The van der Waals surface area contributed by atoms with E-state index in [-0.39, 0.29) is 12.1 Å². The number of alkyl carbamates (subject to hydrolysis) is 1. The van der Waals surface area contributed by atoms with E-state index in [1.54, 1.807) is 0 Å². The van der Waals surface area contributed by atoms with Gasteiger partial charge in [0.15, 0.2) is 0 Å². The molecule has 4 heteroatoms. The lowest BCUT2D eigenvalue weighted by Gasteiger charge is -2.35. The third kappa shape index (κ3) is 11.1. The van der Waals surface area contributed by atoms with E-state index < -0.39 is 5.60 Å². The fraction of sp³-hybridized carbons (Fsp3) is 0.955. The van der Waals surface area contributed by atoms with Crippen molar-refractivity contribution in [1.29, 1.82) is 0 Å². The normalized spacial score (nSPS) is 22.0. The number of hydrogen-bond donors (Lipinski definition) is 2. The molecule has 26 heavy (non-hydrogen) atoms. The first-order valence-corrected chi connectivity index (χ1v) is 11.1. The predicted octanol–water partition coefficient (Wildman–Crippen LogP) is 5.94. The Bertz CT molecular complexity index is 379. The quantitative estimate of drug-likeness (QED) is 0.444. The van der Waals surface area contributed by atoms with E-state index >= 15 is 0 Å². The number of rotatable bonds is 11. The van der Waals surface area contributed by atoms with Crippen LogP contribution in [-0.2, 0) is 4.74 Å². The monoisotopic (exact) mass is 368 g/mol. The summed E-state index contributed by atoms with van der Waals surface area (Å²) in [6.45, 7) is 10.3. The minimum absolute atomic E-state index is 0.190. The van der Waals surface area contributed by atoms with Crippen molar-refractivity contribution < 1.29 is 9.53 Å². The summed E-state index contributed by atoms with van der Waals surface area (Å²) in [6.07, 6.45) is 15.1. The fourth-order valence-corrected chi connectivity index (χ4v) is 3.82. The third-order valence-electron chi connectivity index (χ3n) is 5.21. The van der Waals surface area contributed by atoms with Gasteiger partial charge in [0.05, 0.1) is 0 Å². The first-order valence-electron chi connectivity index (χ1n) is 11.1. The van der Waals surface area contributed by atoms with Crippen LogP contribution in [0.3, 0.4) is 0 Å². The van der Waals surface area contributed by atoms with Crippen LogP contribution in [0.15, 0.2) is 0 Å². The van der Waals surface area contributed by atoms with Gasteiger partial charge in [-0.15, -0.1) is 0 Å². The molecular weight excluding hydrogens is 324 g/mol. The SMILES string of the molecule is CCCCCCCCCC(C)N[C@@H]1CCCC[C@H]1NC(=O)OC(C)(C)C. The van der Waals surface area contributed by atoms with Crippen LogP contribution in [0.1, 0.15) is 112 Å². The summed E-state index contributed by atoms with van der Waals surface area (Å²) >= 11 is 0. The van der Waals surface area contributed by atoms with Crippen molar-refractivity contribution in [3.8, 4) is 0 Å². The second-order valence-corrected chi connectivity index (χ2v) is 9.12. The van der Waals surface area contributed by atoms with Crippen molar-refractivity contribution in [3.63, 3.8) is 0 Å². The van der Waals surface area contributed by atoms with Gasteiger partial charge in [0.25, 0.3) is 0 Å². The standard InChI is InChI=1S/C22H44N2O2/c1-6-7-8-9-10-11-12-15-18(2)23-19-16-13-14-17-20(19)24-21(25)26-22(3,4)5/h18-20,23H,6-17H2,1-5H3,(H,24,25)/t18?,19-,20-/m1/s1. The molecule has 1 saturated carbocycles. The summed E-state index contributed by atoms with van der Waals surface area (Å²) in [7, 11) is 0. The summed E-state index contributed by atoms with van der Waals surface area (Å²) in [5, 5.41) is 6.88. The minimum Gasteiger partial charge on any atom is -0.444 e. The highest BCUT2D eigenvalue weighted by Crippen LogP contribution is 2.21. The van der Waals surface area contributed by atoms with Gasteiger partial charge in [0, 0.05) is 18.1 Å². The Kier molecular flexibility index (Phi) is 11.3. The van der Waals surface area contributed by atoms with Crippen LogP contribution in [0.25, 0.3) is 0 Å². The fourth-order valence-electron chi connectivity index (χ4n) is 3.82. The van der Waals surface area contributed by atoms with Crippen LogP contribution in [0.2, 0.25) is 0 Å². The molecule has 154 valence electrons. The molecule has 1 rings (SSSR count). The van der Waals surface area contributed by atoms with Crippen LogP contribution in [0.4, 0.5) is 4.79 Å². The second-order valence-electron chi connectivity index (χ2n) is 9.12. The highest BCUT2D eigenvalue weighted by atomic mass is 16.6. The molecule has 0 aromatic rings. The van der Waals surface area contributed by atoms with Gasteiger partial charge in [-0.3, -0.25) is 0 Å². The highest BCUT2D eigenvalue weighted by Gasteiger charge is 2.28. The van der Waals surface area contributed by atoms with E-state index in [0.717, 1.165) is 12.8 Å². The van der Waals surface area contributed by atoms with Crippen LogP contribution in [0.5, 0.6) is 0 Å². The maximum Gasteiger partial charge on any atom is 0.407 e. The van der Waals surface area contributed by atoms with Gasteiger partial charge in [-0.25, -0.2) is 4.79 Å². The molecule has 0 aromatic carbocycles. The zero-order chi connectivity index (χ0) is 19.4. The average Bonchev–Trinajstić information content (AvgIpc) is 2.54. The van der Waals surface area contributed by atoms with E-state index in [2.05, 4.69) is 24.5 Å². The van der Waals surface area contributed by atoms with E-state index in [1.807, 2.05) is 20.8 Å². The molecule has 1 fully saturated rings. The molecule has 1 unspecified atom stereocenters. The van der Waals surface area contributed by atoms with Crippen molar-refractivity contribution in [2.45, 2.75) is 135 Å². The number of unbranched alkanes of at least 4 members (excludes halogenated alkanes) is 6. The molecule has 0 radical (unpaired) electrons. The molecule has 0 aliphatic heterocycles. The molecule has 1 aliphatic carbocycles. The molecular formula is C22H44N2O2. The van der Waals surface area contributed by atoms with Crippen LogP contribution < -0.4 is 10.6 Å². The number of nitrogens with one attached hydrogen (secondary N) is 2. The van der Waals surface area contributed by atoms with Crippen molar-refractivity contribution in [2.24, 2.45) is 0 Å². The minimum atomic E-state index is -0.438. The molecule has 0 aromatic heterocycles. The van der Waals surface area contributed by atoms with Gasteiger partial charge >= 0.3 is 6.09 Å². The van der Waals surface area contributed by atoms with Gasteiger partial charge < -0.3 is 15.4 Å². The number of carbonyl (C=O) groups is 1. The van der Waals surface area contributed by atoms with E-state index in [4.69, 9.17) is 4.74 Å². The summed E-state index contributed by atoms with van der Waals surface area (Å²) in [4.78, 5) is 12.1. The van der Waals surface area contributed by atoms with E-state index in [9.17, 15) is 4.79 Å². The predicted molar refractivity (Wildman–Crippen MR) is 111 cm³/mol. The molecule has 0 saturated heterocycles. The molecule has 3 atom stereocenters. The van der Waals surface area contributed by atoms with E-state index in [1.165, 1.54) is 64.2 Å². The molecule has 2 N–H and O–H groups in total. The first-order chi connectivity index (χ1) is 12.3. The Morgan fingerprint density at radius 2 is 1.58 bits per heavy atom. The zero-order valence-corrected chi connectivity index (χ0v) is 18.0. The van der Waals surface area contributed by atoms with E-state index in [0.29, 0.717) is 12.1 Å². The second kappa shape index (κ2) is 12.6. The number of amides is 1. The summed E-state index contributed by atoms with van der Waals surface area (Å²) < 4.78 is 5.44. The van der Waals surface area contributed by atoms with Crippen molar-refractivity contribution in [3.05, 3.63) is 0 Å². The maximum atomic E-state index is 12.1. The van der Waals surface area contributed by atoms with Crippen LogP contribution in [-0.4, -0.2) is 29.8 Å². The van der Waals surface area contributed by atoms with Gasteiger partial charge in [-0.05, 0) is 47.0 Å². The van der Waals surface area contributed by atoms with Gasteiger partial charge in [-0.2, -0.15) is 0 Å². The Morgan fingerprint density at radius 3 is 2.19 bits per heavy atom. The van der Waals surface area contributed by atoms with Crippen molar-refractivity contribution in [1.82, 2.24) is 10.6 Å². The Hall–Kier alpha value is -0.770. The molecule has 1 aliphatic rings. The van der Waals surface area contributed by atoms with Crippen molar-refractivity contribution in [2.75, 3.05) is 0 Å². The third-order valence-corrected chi connectivity index (χ3v) is 5.21. The zero-order valence-electron chi connectivity index (χ0n) is 18.0. The first kappa shape index (κ1) is 23.3. The van der Waals surface area contributed by atoms with Crippen LogP contribution >= 0.6 is 0 Å². The lowest BCUT2D eigenvalue weighted by molar-refractivity contribution is 0.0477. The molecule has 0 spiro atoms. The highest BCUT2D eigenvalue weighted by molar-refractivity contribution is 5.68. The Morgan fingerprint density at radius 1 is 1.00 bits per heavy atom. The molecule has 4 nitrogen and oxygen atoms in total. The Labute approximate surface area is 162 Å². The van der Waals surface area contributed by atoms with Gasteiger partial charge in [0.1, 0.15) is 5.60 Å². The summed E-state index contributed by atoms with van der Waals surface area (Å²) in [6, 6.07) is 1.07. The maximum absolute atomic E-state index is 12.1. The average molecular weight is 369 g/mol. The van der Waals surface area contributed by atoms with Crippen molar-refractivity contribution >= 4 is 6.09 Å². The number of ether oxygens (including phenoxy) is 1. The lowest BCUT2D eigenvalue weighted by Crippen LogP contribution is -2.54. The molecule has 0 bridgehead atoms. The number of hydrogen-bond acceptors (Lipinski definition) is 3. The molecule has 0 heterocycles. The smallest absolute Gasteiger partial charge is 0.407 e. The van der Waals surface area contributed by atoms with Gasteiger partial charge in [0.2, 0.25) is 0 Å².